The minimum Gasteiger partial charge on any atom is -0.508 e. The van der Waals surface area contributed by atoms with Crippen molar-refractivity contribution in [2.75, 3.05) is 4.90 Å². The molecule has 3 aliphatic heterocycles. The van der Waals surface area contributed by atoms with E-state index in [9.17, 15) is 19.5 Å². The Bertz CT molecular complexity index is 2570. The Kier molecular flexibility index (Phi) is 10.1. The number of morpholine rings is 1. The molecule has 7 unspecified atom stereocenters. The van der Waals surface area contributed by atoms with Crippen LogP contribution in [0.3, 0.4) is 0 Å². The lowest BCUT2D eigenvalue weighted by Gasteiger charge is -2.46. The van der Waals surface area contributed by atoms with Crippen LogP contribution >= 0.6 is 0 Å². The quantitative estimate of drug-likeness (QED) is 0.117. The number of nitrogens with one attached hydrogen (secondary N) is 1. The molecule has 10 heteroatoms. The first-order valence-corrected chi connectivity index (χ1v) is 20.4. The van der Waals surface area contributed by atoms with Crippen LogP contribution in [0.25, 0.3) is 0 Å². The third-order valence-corrected chi connectivity index (χ3v) is 12.5. The predicted molar refractivity (Wildman–Crippen MR) is 226 cm³/mol. The van der Waals surface area contributed by atoms with E-state index in [1.807, 2.05) is 103 Å². The van der Waals surface area contributed by atoms with Crippen LogP contribution in [-0.2, 0) is 24.5 Å². The van der Waals surface area contributed by atoms with Gasteiger partial charge in [-0.3, -0.25) is 19.3 Å². The van der Waals surface area contributed by atoms with Gasteiger partial charge in [0.1, 0.15) is 23.3 Å². The molecular formula is C50H44N4O6. The number of hydrogen-bond donors (Lipinski definition) is 3. The Morgan fingerprint density at radius 3 is 2.13 bits per heavy atom. The number of fused-ring (bicyclic) bond motifs is 3. The van der Waals surface area contributed by atoms with E-state index < -0.39 is 65.4 Å². The van der Waals surface area contributed by atoms with Gasteiger partial charge in [-0.15, -0.1) is 0 Å². The number of nitrogens with zero attached hydrogens (tertiary/aromatic N) is 2. The van der Waals surface area contributed by atoms with E-state index in [4.69, 9.17) is 10.5 Å². The Hall–Kier alpha value is -6.96. The highest BCUT2D eigenvalue weighted by Gasteiger charge is 2.75. The molecule has 5 aromatic carbocycles. The monoisotopic (exact) mass is 796 g/mol. The number of imide groups is 1. The lowest BCUT2D eigenvalue weighted by Crippen LogP contribution is -2.55. The highest BCUT2D eigenvalue weighted by molar-refractivity contribution is 6.24. The third kappa shape index (κ3) is 6.42. The van der Waals surface area contributed by atoms with Gasteiger partial charge in [-0.2, -0.15) is 0 Å². The third-order valence-electron chi connectivity index (χ3n) is 12.5. The van der Waals surface area contributed by atoms with Crippen molar-refractivity contribution >= 4 is 29.5 Å². The second-order valence-electron chi connectivity index (χ2n) is 15.9. The molecule has 0 bridgehead atoms. The number of amides is 4. The number of allylic oxidation sites excluding steroid dienone is 2. The van der Waals surface area contributed by atoms with Crippen LogP contribution in [0.4, 0.5) is 10.5 Å². The standard InChI is InChI=1S/C50H44N4O6/c1-31(34-16-8-3-9-17-34)52-49(59)53-40-29-24-33(23-22-32-14-6-2-7-15-32)30-39(40)50(48(53)58)41(46(51)56)43-47(57)60-44(36-20-12-5-13-21-36)42(35-18-10-4-11-19-35)54(43)45(50)37-25-27-38(55)28-26-37/h3-5,8-14,16-21,24-31,41-45,55H,2,6-7,15H2,1H3,(H2,51,56)(H,52,59). The normalized spacial score (nSPS) is 25.0. The zero-order valence-electron chi connectivity index (χ0n) is 33.0. The largest absolute Gasteiger partial charge is 0.508 e. The average Bonchev–Trinajstić information content (AvgIpc) is 3.73. The van der Waals surface area contributed by atoms with E-state index in [0.717, 1.165) is 47.3 Å². The number of ether oxygens (including phenoxy) is 1. The summed E-state index contributed by atoms with van der Waals surface area (Å²) in [5, 5.41) is 13.6. The zero-order valence-corrected chi connectivity index (χ0v) is 33.0. The number of carbonyl (C=O) groups is 4. The fourth-order valence-corrected chi connectivity index (χ4v) is 9.85. The maximum absolute atomic E-state index is 16.1. The van der Waals surface area contributed by atoms with Gasteiger partial charge in [0.2, 0.25) is 11.8 Å². The highest BCUT2D eigenvalue weighted by atomic mass is 16.6. The number of carbonyl (C=O) groups excluding carboxylic acids is 4. The van der Waals surface area contributed by atoms with Crippen molar-refractivity contribution in [2.45, 2.75) is 68.3 Å². The summed E-state index contributed by atoms with van der Waals surface area (Å²) >= 11 is 0. The Balaban J connectivity index is 1.31. The summed E-state index contributed by atoms with van der Waals surface area (Å²) < 4.78 is 6.41. The first-order valence-electron chi connectivity index (χ1n) is 20.4. The molecule has 10 nitrogen and oxygen atoms in total. The van der Waals surface area contributed by atoms with Crippen molar-refractivity contribution in [3.05, 3.63) is 178 Å². The number of phenols is 1. The van der Waals surface area contributed by atoms with Gasteiger partial charge in [-0.05, 0) is 96.3 Å². The highest BCUT2D eigenvalue weighted by Crippen LogP contribution is 2.65. The zero-order chi connectivity index (χ0) is 41.5. The van der Waals surface area contributed by atoms with Crippen LogP contribution < -0.4 is 16.0 Å². The summed E-state index contributed by atoms with van der Waals surface area (Å²) in [7, 11) is 0. The van der Waals surface area contributed by atoms with E-state index in [0.29, 0.717) is 22.3 Å². The number of aromatic hydroxyl groups is 1. The molecule has 60 heavy (non-hydrogen) atoms. The molecule has 7 atom stereocenters. The van der Waals surface area contributed by atoms with Crippen molar-refractivity contribution < 1.29 is 29.0 Å². The van der Waals surface area contributed by atoms with Crippen molar-refractivity contribution in [3.8, 4) is 17.6 Å². The maximum atomic E-state index is 16.1. The number of nitrogens with two attached hydrogens (primary N) is 1. The van der Waals surface area contributed by atoms with Crippen LogP contribution in [0.15, 0.2) is 145 Å². The van der Waals surface area contributed by atoms with E-state index in [2.05, 4.69) is 23.2 Å². The van der Waals surface area contributed by atoms with E-state index in [-0.39, 0.29) is 11.4 Å². The summed E-state index contributed by atoms with van der Waals surface area (Å²) in [5.74, 6) is 2.73. The van der Waals surface area contributed by atoms with Gasteiger partial charge in [0, 0.05) is 5.56 Å². The molecule has 300 valence electrons. The summed E-state index contributed by atoms with van der Waals surface area (Å²) in [6.45, 7) is 1.83. The van der Waals surface area contributed by atoms with Crippen molar-refractivity contribution in [1.82, 2.24) is 10.2 Å². The maximum Gasteiger partial charge on any atom is 0.329 e. The minimum absolute atomic E-state index is 0.0164. The summed E-state index contributed by atoms with van der Waals surface area (Å²) in [6.07, 6.45) is 5.24. The number of esters is 1. The van der Waals surface area contributed by atoms with Crippen molar-refractivity contribution in [3.63, 3.8) is 0 Å². The fraction of sp³-hybridized carbons (Fsp3) is 0.240. The minimum atomic E-state index is -1.96. The first-order chi connectivity index (χ1) is 29.2. The summed E-state index contributed by atoms with van der Waals surface area (Å²) in [6, 6.07) is 35.5. The van der Waals surface area contributed by atoms with Crippen molar-refractivity contribution in [1.29, 1.82) is 0 Å². The number of phenolic OH excluding ortho intramolecular Hbond substituents is 1. The molecule has 0 radical (unpaired) electrons. The first kappa shape index (κ1) is 38.6. The van der Waals surface area contributed by atoms with Gasteiger partial charge in [0.25, 0.3) is 0 Å². The van der Waals surface area contributed by atoms with E-state index in [1.54, 1.807) is 30.3 Å². The van der Waals surface area contributed by atoms with E-state index in [1.165, 1.54) is 12.1 Å². The Labute approximate surface area is 348 Å². The smallest absolute Gasteiger partial charge is 0.329 e. The number of cyclic esters (lactones) is 1. The number of anilines is 1. The molecule has 1 spiro atoms. The number of primary amides is 1. The number of hydrogen-bond acceptors (Lipinski definition) is 7. The van der Waals surface area contributed by atoms with Crippen LogP contribution in [0.1, 0.15) is 90.2 Å². The second-order valence-corrected chi connectivity index (χ2v) is 15.9. The van der Waals surface area contributed by atoms with Gasteiger partial charge in [0.15, 0.2) is 0 Å². The summed E-state index contributed by atoms with van der Waals surface area (Å²) in [4.78, 5) is 63.1. The predicted octanol–water partition coefficient (Wildman–Crippen LogP) is 7.87. The van der Waals surface area contributed by atoms with Crippen LogP contribution in [0.2, 0.25) is 0 Å². The number of rotatable bonds is 6. The molecule has 0 saturated carbocycles. The summed E-state index contributed by atoms with van der Waals surface area (Å²) in [5.41, 5.74) is 9.53. The average molecular weight is 797 g/mol. The fourth-order valence-electron chi connectivity index (χ4n) is 9.85. The molecule has 2 saturated heterocycles. The van der Waals surface area contributed by atoms with E-state index >= 15 is 4.79 Å². The second kappa shape index (κ2) is 15.7. The Morgan fingerprint density at radius 1 is 0.817 bits per heavy atom. The number of urea groups is 1. The molecule has 1 aliphatic carbocycles. The lowest BCUT2D eigenvalue weighted by atomic mass is 9.65. The molecule has 3 heterocycles. The van der Waals surface area contributed by atoms with Crippen LogP contribution in [-0.4, -0.2) is 39.9 Å². The molecule has 4 amide bonds. The topological polar surface area (TPSA) is 142 Å². The number of benzene rings is 5. The molecule has 9 rings (SSSR count). The molecule has 4 N–H and O–H groups in total. The van der Waals surface area contributed by atoms with Crippen LogP contribution in [0, 0.1) is 17.8 Å². The molecule has 4 aliphatic rings. The molecular weight excluding hydrogens is 753 g/mol. The van der Waals surface area contributed by atoms with Gasteiger partial charge < -0.3 is 20.9 Å². The lowest BCUT2D eigenvalue weighted by molar-refractivity contribution is -0.178. The van der Waals surface area contributed by atoms with Gasteiger partial charge >= 0.3 is 12.0 Å². The van der Waals surface area contributed by atoms with Gasteiger partial charge in [-0.25, -0.2) is 9.69 Å². The molecule has 0 aromatic heterocycles. The van der Waals surface area contributed by atoms with Crippen LogP contribution in [0.5, 0.6) is 5.75 Å². The van der Waals surface area contributed by atoms with Gasteiger partial charge in [0.05, 0.1) is 29.7 Å². The SMILES string of the molecule is CC(NC(=O)N1C(=O)C2(c3cc(C#CC4=CCCCC4)ccc31)C(C(N)=O)C1C(=O)OC(c3ccccc3)C(c3ccccc3)N1C2c1ccc(O)cc1)c1ccccc1. The molecule has 2 fully saturated rings. The van der Waals surface area contributed by atoms with Crippen molar-refractivity contribution in [2.24, 2.45) is 11.7 Å². The molecule has 5 aromatic rings. The van der Waals surface area contributed by atoms with Gasteiger partial charge in [-0.1, -0.05) is 121 Å². The Morgan fingerprint density at radius 2 is 1.48 bits per heavy atom.